The van der Waals surface area contributed by atoms with Crippen molar-refractivity contribution in [1.29, 1.82) is 0 Å². The number of hydrogen-bond acceptors (Lipinski definition) is 4. The van der Waals surface area contributed by atoms with E-state index in [-0.39, 0.29) is 17.0 Å². The summed E-state index contributed by atoms with van der Waals surface area (Å²) in [5.41, 5.74) is 1.38. The maximum absolute atomic E-state index is 12.5. The molecule has 0 fully saturated rings. The Labute approximate surface area is 155 Å². The lowest BCUT2D eigenvalue weighted by Gasteiger charge is -2.07. The average Bonchev–Trinajstić information content (AvgIpc) is 2.69. The molecule has 0 saturated carbocycles. The summed E-state index contributed by atoms with van der Waals surface area (Å²) in [6, 6.07) is 19.2. The monoisotopic (exact) mass is 363 g/mol. The normalized spacial score (nSPS) is 11.2. The molecule has 0 bridgehead atoms. The Morgan fingerprint density at radius 1 is 1.11 bits per heavy atom. The van der Waals surface area contributed by atoms with Gasteiger partial charge < -0.3 is 9.30 Å². The van der Waals surface area contributed by atoms with Crippen molar-refractivity contribution in [2.75, 3.05) is 7.11 Å². The van der Waals surface area contributed by atoms with Crippen LogP contribution in [0.5, 0.6) is 5.75 Å². The van der Waals surface area contributed by atoms with E-state index in [4.69, 9.17) is 4.74 Å². The Bertz CT molecular complexity index is 1040. The van der Waals surface area contributed by atoms with Crippen LogP contribution in [0.3, 0.4) is 0 Å². The fourth-order valence-electron chi connectivity index (χ4n) is 2.62. The van der Waals surface area contributed by atoms with Gasteiger partial charge in [-0.05, 0) is 29.8 Å². The molecule has 3 rings (SSSR count). The lowest BCUT2D eigenvalue weighted by Crippen LogP contribution is -2.22. The van der Waals surface area contributed by atoms with Crippen LogP contribution < -0.4 is 10.2 Å². The number of amides is 1. The van der Waals surface area contributed by atoms with E-state index >= 15 is 0 Å². The van der Waals surface area contributed by atoms with Crippen molar-refractivity contribution in [2.45, 2.75) is 6.54 Å². The Morgan fingerprint density at radius 2 is 1.85 bits per heavy atom. The van der Waals surface area contributed by atoms with Gasteiger partial charge in [-0.3, -0.25) is 14.9 Å². The molecule has 0 N–H and O–H groups in total. The maximum atomic E-state index is 12.5. The van der Waals surface area contributed by atoms with E-state index in [1.165, 1.54) is 25.3 Å². The number of pyridine rings is 1. The van der Waals surface area contributed by atoms with E-state index in [0.29, 0.717) is 12.0 Å². The number of aromatic nitrogens is 1. The van der Waals surface area contributed by atoms with Gasteiger partial charge in [-0.1, -0.05) is 36.4 Å². The topological polar surface area (TPSA) is 86.7 Å². The highest BCUT2D eigenvalue weighted by Gasteiger charge is 2.18. The van der Waals surface area contributed by atoms with Crippen molar-refractivity contribution in [3.05, 3.63) is 99.7 Å². The second-order valence-electron chi connectivity index (χ2n) is 5.73. The molecule has 0 aliphatic rings. The first-order valence-electron chi connectivity index (χ1n) is 8.19. The summed E-state index contributed by atoms with van der Waals surface area (Å²) in [7, 11) is 1.34. The van der Waals surface area contributed by atoms with E-state index in [0.717, 1.165) is 5.56 Å². The number of nitro benzene ring substituents is 1. The number of nitro groups is 1. The first-order valence-corrected chi connectivity index (χ1v) is 8.19. The molecule has 136 valence electrons. The smallest absolute Gasteiger partial charge is 0.311 e. The molecule has 7 heteroatoms. The molecule has 1 heterocycles. The van der Waals surface area contributed by atoms with Crippen LogP contribution in [0.4, 0.5) is 5.69 Å². The van der Waals surface area contributed by atoms with Gasteiger partial charge in [0.25, 0.3) is 5.91 Å². The standard InChI is InChI=1S/C20H17N3O4/c1-27-18-11-10-16(13-17(18)23(25)26)20(24)21-19-9-5-6-12-22(19)14-15-7-3-2-4-8-15/h2-13H,14H2,1H3. The highest BCUT2D eigenvalue weighted by Crippen LogP contribution is 2.27. The first-order chi connectivity index (χ1) is 13.1. The van der Waals surface area contributed by atoms with Crippen LogP contribution in [0.15, 0.2) is 77.9 Å². The summed E-state index contributed by atoms with van der Waals surface area (Å²) in [4.78, 5) is 27.3. The molecule has 3 aromatic rings. The SMILES string of the molecule is COc1ccc(C(=O)N=c2ccccn2Cc2ccccc2)cc1[N+](=O)[O-]. The average molecular weight is 363 g/mol. The van der Waals surface area contributed by atoms with Crippen LogP contribution in [-0.2, 0) is 6.54 Å². The minimum Gasteiger partial charge on any atom is -0.490 e. The predicted molar refractivity (Wildman–Crippen MR) is 99.5 cm³/mol. The second-order valence-corrected chi connectivity index (χ2v) is 5.73. The molecule has 0 aliphatic heterocycles. The number of ether oxygens (including phenoxy) is 1. The number of benzene rings is 2. The number of rotatable bonds is 5. The molecule has 0 radical (unpaired) electrons. The molecule has 2 aromatic carbocycles. The molecule has 0 atom stereocenters. The molecular formula is C20H17N3O4. The maximum Gasteiger partial charge on any atom is 0.311 e. The Morgan fingerprint density at radius 3 is 2.56 bits per heavy atom. The molecule has 1 aromatic heterocycles. The summed E-state index contributed by atoms with van der Waals surface area (Å²) >= 11 is 0. The third-order valence-electron chi connectivity index (χ3n) is 3.95. The lowest BCUT2D eigenvalue weighted by atomic mass is 10.2. The number of carbonyl (C=O) groups is 1. The Balaban J connectivity index is 1.97. The van der Waals surface area contributed by atoms with Crippen LogP contribution in [0.1, 0.15) is 15.9 Å². The van der Waals surface area contributed by atoms with Gasteiger partial charge in [-0.25, -0.2) is 0 Å². The zero-order valence-corrected chi connectivity index (χ0v) is 14.6. The zero-order valence-electron chi connectivity index (χ0n) is 14.6. The van der Waals surface area contributed by atoms with Crippen molar-refractivity contribution in [3.63, 3.8) is 0 Å². The fraction of sp³-hybridized carbons (Fsp3) is 0.100. The van der Waals surface area contributed by atoms with Crippen molar-refractivity contribution in [3.8, 4) is 5.75 Å². The summed E-state index contributed by atoms with van der Waals surface area (Å²) in [5.74, 6) is -0.468. The lowest BCUT2D eigenvalue weighted by molar-refractivity contribution is -0.385. The zero-order chi connectivity index (χ0) is 19.2. The summed E-state index contributed by atoms with van der Waals surface area (Å²) in [6.45, 7) is 0.552. The highest BCUT2D eigenvalue weighted by molar-refractivity contribution is 5.95. The minimum atomic E-state index is -0.590. The van der Waals surface area contributed by atoms with E-state index in [1.54, 1.807) is 12.1 Å². The Kier molecular flexibility index (Phi) is 5.41. The third kappa shape index (κ3) is 4.27. The van der Waals surface area contributed by atoms with Crippen LogP contribution >= 0.6 is 0 Å². The fourth-order valence-corrected chi connectivity index (χ4v) is 2.62. The van der Waals surface area contributed by atoms with Gasteiger partial charge >= 0.3 is 5.69 Å². The Hall–Kier alpha value is -3.74. The van der Waals surface area contributed by atoms with Crippen molar-refractivity contribution < 1.29 is 14.5 Å². The summed E-state index contributed by atoms with van der Waals surface area (Å²) < 4.78 is 6.80. The van der Waals surface area contributed by atoms with Gasteiger partial charge in [0.05, 0.1) is 12.0 Å². The van der Waals surface area contributed by atoms with Crippen LogP contribution in [0.2, 0.25) is 0 Å². The quantitative estimate of drug-likeness (QED) is 0.514. The van der Waals surface area contributed by atoms with Gasteiger partial charge in [0.2, 0.25) is 0 Å². The number of nitrogens with zero attached hydrogens (tertiary/aromatic N) is 3. The van der Waals surface area contributed by atoms with Crippen molar-refractivity contribution in [1.82, 2.24) is 4.57 Å². The molecule has 1 amide bonds. The molecule has 27 heavy (non-hydrogen) atoms. The molecule has 0 aliphatic carbocycles. The summed E-state index contributed by atoms with van der Waals surface area (Å²) in [5, 5.41) is 11.2. The van der Waals surface area contributed by atoms with Crippen molar-refractivity contribution in [2.24, 2.45) is 4.99 Å². The van der Waals surface area contributed by atoms with Gasteiger partial charge in [0, 0.05) is 24.4 Å². The molecule has 0 spiro atoms. The number of hydrogen-bond donors (Lipinski definition) is 0. The molecular weight excluding hydrogens is 346 g/mol. The van der Waals surface area contributed by atoms with Gasteiger partial charge in [0.1, 0.15) is 5.49 Å². The summed E-state index contributed by atoms with van der Waals surface area (Å²) in [6.07, 6.45) is 1.83. The van der Waals surface area contributed by atoms with E-state index in [2.05, 4.69) is 4.99 Å². The minimum absolute atomic E-state index is 0.0930. The van der Waals surface area contributed by atoms with Crippen LogP contribution in [0.25, 0.3) is 0 Å². The first kappa shape index (κ1) is 18.1. The van der Waals surface area contributed by atoms with Gasteiger partial charge in [-0.15, -0.1) is 0 Å². The van der Waals surface area contributed by atoms with E-state index in [9.17, 15) is 14.9 Å². The largest absolute Gasteiger partial charge is 0.490 e. The highest BCUT2D eigenvalue weighted by atomic mass is 16.6. The van der Waals surface area contributed by atoms with Gasteiger partial charge in [0.15, 0.2) is 5.75 Å². The number of carbonyl (C=O) groups excluding carboxylic acids is 1. The number of methoxy groups -OCH3 is 1. The molecule has 0 saturated heterocycles. The van der Waals surface area contributed by atoms with E-state index < -0.39 is 10.8 Å². The van der Waals surface area contributed by atoms with Crippen LogP contribution in [-0.4, -0.2) is 22.5 Å². The third-order valence-corrected chi connectivity index (χ3v) is 3.95. The van der Waals surface area contributed by atoms with Crippen molar-refractivity contribution >= 4 is 11.6 Å². The molecule has 7 nitrogen and oxygen atoms in total. The van der Waals surface area contributed by atoms with Crippen LogP contribution in [0, 0.1) is 10.1 Å². The second kappa shape index (κ2) is 8.09. The van der Waals surface area contributed by atoms with Gasteiger partial charge in [-0.2, -0.15) is 4.99 Å². The van der Waals surface area contributed by atoms with E-state index in [1.807, 2.05) is 47.2 Å². The molecule has 0 unspecified atom stereocenters. The predicted octanol–water partition coefficient (Wildman–Crippen LogP) is 3.19.